The van der Waals surface area contributed by atoms with Crippen LogP contribution in [0.3, 0.4) is 0 Å². The molecule has 1 aromatic carbocycles. The average molecular weight is 323 g/mol. The molecule has 0 bridgehead atoms. The zero-order valence-electron chi connectivity index (χ0n) is 10.5. The van der Waals surface area contributed by atoms with Gasteiger partial charge in [0.1, 0.15) is 4.90 Å². The van der Waals surface area contributed by atoms with Gasteiger partial charge in [0.05, 0.1) is 10.7 Å². The molecule has 0 radical (unpaired) electrons. The second-order valence-corrected chi connectivity index (χ2v) is 7.44. The number of anilines is 1. The Bertz CT molecular complexity index is 566. The Balaban J connectivity index is 2.34. The van der Waals surface area contributed by atoms with Gasteiger partial charge in [-0.15, -0.1) is 0 Å². The third-order valence-corrected chi connectivity index (χ3v) is 5.71. The number of hydrogen-bond acceptors (Lipinski definition) is 3. The zero-order chi connectivity index (χ0) is 14.2. The van der Waals surface area contributed by atoms with Crippen molar-refractivity contribution in [3.8, 4) is 0 Å². The zero-order valence-corrected chi connectivity index (χ0v) is 12.8. The lowest BCUT2D eigenvalue weighted by molar-refractivity contribution is 0.476. The first-order valence-electron chi connectivity index (χ1n) is 6.08. The lowest BCUT2D eigenvalue weighted by Crippen LogP contribution is -2.36. The van der Waals surface area contributed by atoms with Gasteiger partial charge in [0.15, 0.2) is 0 Å². The monoisotopic (exact) mass is 322 g/mol. The van der Waals surface area contributed by atoms with E-state index in [1.54, 1.807) is 0 Å². The van der Waals surface area contributed by atoms with Crippen LogP contribution in [-0.2, 0) is 10.0 Å². The summed E-state index contributed by atoms with van der Waals surface area (Å²) in [5.41, 5.74) is 5.79. The Morgan fingerprint density at radius 3 is 2.53 bits per heavy atom. The summed E-state index contributed by atoms with van der Waals surface area (Å²) in [6.45, 7) is 2.03. The predicted molar refractivity (Wildman–Crippen MR) is 78.0 cm³/mol. The van der Waals surface area contributed by atoms with Gasteiger partial charge in [0, 0.05) is 11.1 Å². The highest BCUT2D eigenvalue weighted by Gasteiger charge is 2.30. The van der Waals surface area contributed by atoms with Crippen molar-refractivity contribution in [1.29, 1.82) is 0 Å². The van der Waals surface area contributed by atoms with Crippen LogP contribution in [0.25, 0.3) is 0 Å². The van der Waals surface area contributed by atoms with Crippen LogP contribution in [0.4, 0.5) is 5.69 Å². The maximum absolute atomic E-state index is 12.4. The van der Waals surface area contributed by atoms with E-state index in [-0.39, 0.29) is 21.6 Å². The predicted octanol–water partition coefficient (Wildman–Crippen LogP) is 3.04. The Morgan fingerprint density at radius 1 is 1.32 bits per heavy atom. The van der Waals surface area contributed by atoms with Crippen molar-refractivity contribution in [2.45, 2.75) is 37.1 Å². The molecule has 4 nitrogen and oxygen atoms in total. The van der Waals surface area contributed by atoms with Crippen molar-refractivity contribution in [2.75, 3.05) is 5.73 Å². The normalized spacial score (nSPS) is 23.7. The van der Waals surface area contributed by atoms with Crippen LogP contribution >= 0.6 is 23.2 Å². The van der Waals surface area contributed by atoms with Gasteiger partial charge in [-0.25, -0.2) is 13.1 Å². The molecule has 1 saturated carbocycles. The lowest BCUT2D eigenvalue weighted by atomic mass is 10.1. The molecule has 2 atom stereocenters. The lowest BCUT2D eigenvalue weighted by Gasteiger charge is -2.18. The van der Waals surface area contributed by atoms with Crippen LogP contribution in [0.1, 0.15) is 26.2 Å². The van der Waals surface area contributed by atoms with E-state index >= 15 is 0 Å². The molecule has 106 valence electrons. The van der Waals surface area contributed by atoms with E-state index in [1.165, 1.54) is 12.1 Å². The van der Waals surface area contributed by atoms with Crippen molar-refractivity contribution in [1.82, 2.24) is 4.72 Å². The van der Waals surface area contributed by atoms with E-state index in [1.807, 2.05) is 6.92 Å². The summed E-state index contributed by atoms with van der Waals surface area (Å²) >= 11 is 11.7. The van der Waals surface area contributed by atoms with Crippen LogP contribution in [0.5, 0.6) is 0 Å². The molecular formula is C12H16Cl2N2O2S. The van der Waals surface area contributed by atoms with Gasteiger partial charge in [0.2, 0.25) is 10.0 Å². The molecule has 2 rings (SSSR count). The molecule has 2 unspecified atom stereocenters. The van der Waals surface area contributed by atoms with E-state index in [0.717, 1.165) is 19.3 Å². The topological polar surface area (TPSA) is 72.2 Å². The molecule has 0 heterocycles. The fourth-order valence-electron chi connectivity index (χ4n) is 2.44. The summed E-state index contributed by atoms with van der Waals surface area (Å²) in [5.74, 6) is 0.321. The summed E-state index contributed by atoms with van der Waals surface area (Å²) in [5, 5.41) is 0.360. The minimum Gasteiger partial charge on any atom is -0.398 e. The maximum atomic E-state index is 12.4. The molecule has 1 aliphatic carbocycles. The number of nitrogen functional groups attached to an aromatic ring is 1. The van der Waals surface area contributed by atoms with Gasteiger partial charge in [-0.3, -0.25) is 0 Å². The summed E-state index contributed by atoms with van der Waals surface area (Å²) in [7, 11) is -3.72. The van der Waals surface area contributed by atoms with E-state index in [2.05, 4.69) is 4.72 Å². The number of rotatable bonds is 3. The van der Waals surface area contributed by atoms with Crippen molar-refractivity contribution in [3.63, 3.8) is 0 Å². The molecule has 0 aromatic heterocycles. The number of benzene rings is 1. The molecule has 0 aliphatic heterocycles. The number of hydrogen-bond donors (Lipinski definition) is 2. The van der Waals surface area contributed by atoms with Crippen molar-refractivity contribution in [3.05, 3.63) is 22.2 Å². The smallest absolute Gasteiger partial charge is 0.244 e. The highest BCUT2D eigenvalue weighted by atomic mass is 35.5. The first-order chi connectivity index (χ1) is 8.81. The number of sulfonamides is 1. The van der Waals surface area contributed by atoms with Crippen LogP contribution in [-0.4, -0.2) is 14.5 Å². The van der Waals surface area contributed by atoms with Crippen LogP contribution in [0, 0.1) is 5.92 Å². The molecule has 0 saturated heterocycles. The van der Waals surface area contributed by atoms with Crippen LogP contribution < -0.4 is 10.5 Å². The molecule has 1 aromatic rings. The molecular weight excluding hydrogens is 307 g/mol. The van der Waals surface area contributed by atoms with Gasteiger partial charge in [0.25, 0.3) is 0 Å². The maximum Gasteiger partial charge on any atom is 0.244 e. The van der Waals surface area contributed by atoms with Gasteiger partial charge in [-0.05, 0) is 30.9 Å². The van der Waals surface area contributed by atoms with E-state index in [4.69, 9.17) is 28.9 Å². The Morgan fingerprint density at radius 2 is 2.00 bits per heavy atom. The minimum atomic E-state index is -3.72. The van der Waals surface area contributed by atoms with E-state index in [0.29, 0.717) is 10.9 Å². The molecule has 0 amide bonds. The molecule has 3 N–H and O–H groups in total. The van der Waals surface area contributed by atoms with E-state index < -0.39 is 10.0 Å². The van der Waals surface area contributed by atoms with Crippen molar-refractivity contribution >= 4 is 38.9 Å². The molecule has 1 aliphatic rings. The largest absolute Gasteiger partial charge is 0.398 e. The Labute approximate surface area is 123 Å². The number of halogens is 2. The standard InChI is InChI=1S/C12H16Cl2N2O2S/c1-7-3-2-4-11(7)16-19(17,18)12-9(14)5-8(13)6-10(12)15/h5-7,11,16H,2-4,15H2,1H3. The third-order valence-electron chi connectivity index (χ3n) is 3.47. The van der Waals surface area contributed by atoms with Gasteiger partial charge in [-0.1, -0.05) is 36.5 Å². The molecule has 7 heteroatoms. The fraction of sp³-hybridized carbons (Fsp3) is 0.500. The second-order valence-electron chi connectivity index (χ2n) is 4.94. The number of nitrogens with two attached hydrogens (primary N) is 1. The Hall–Kier alpha value is -0.490. The second kappa shape index (κ2) is 5.48. The first kappa shape index (κ1) is 14.9. The Kier molecular flexibility index (Phi) is 4.30. The van der Waals surface area contributed by atoms with E-state index in [9.17, 15) is 8.42 Å². The quantitative estimate of drug-likeness (QED) is 0.840. The summed E-state index contributed by atoms with van der Waals surface area (Å²) in [6, 6.07) is 2.71. The molecule has 19 heavy (non-hydrogen) atoms. The molecule has 0 spiro atoms. The highest BCUT2D eigenvalue weighted by molar-refractivity contribution is 7.89. The summed E-state index contributed by atoms with van der Waals surface area (Å²) in [4.78, 5) is -0.0855. The number of nitrogens with one attached hydrogen (secondary N) is 1. The minimum absolute atomic E-state index is 0.0446. The average Bonchev–Trinajstić information content (AvgIpc) is 2.61. The fourth-order valence-corrected chi connectivity index (χ4v) is 4.81. The highest BCUT2D eigenvalue weighted by Crippen LogP contribution is 2.33. The third kappa shape index (κ3) is 3.16. The summed E-state index contributed by atoms with van der Waals surface area (Å²) in [6.07, 6.45) is 2.89. The van der Waals surface area contributed by atoms with Gasteiger partial charge < -0.3 is 5.73 Å². The van der Waals surface area contributed by atoms with Crippen molar-refractivity contribution < 1.29 is 8.42 Å². The van der Waals surface area contributed by atoms with Crippen LogP contribution in [0.15, 0.2) is 17.0 Å². The molecule has 1 fully saturated rings. The van der Waals surface area contributed by atoms with Crippen LogP contribution in [0.2, 0.25) is 10.0 Å². The van der Waals surface area contributed by atoms with Gasteiger partial charge in [-0.2, -0.15) is 0 Å². The SMILES string of the molecule is CC1CCCC1NS(=O)(=O)c1c(N)cc(Cl)cc1Cl. The van der Waals surface area contributed by atoms with Gasteiger partial charge >= 0.3 is 0 Å². The summed E-state index contributed by atoms with van der Waals surface area (Å²) < 4.78 is 27.4. The first-order valence-corrected chi connectivity index (χ1v) is 8.32. The van der Waals surface area contributed by atoms with Crippen molar-refractivity contribution in [2.24, 2.45) is 5.92 Å².